The predicted molar refractivity (Wildman–Crippen MR) is 146 cm³/mol. The molecular weight excluding hydrogens is 464 g/mol. The topological polar surface area (TPSA) is 81.7 Å². The minimum Gasteiger partial charge on any atom is -0.352 e. The van der Waals surface area contributed by atoms with Gasteiger partial charge in [-0.1, -0.05) is 60.7 Å². The molecule has 3 aromatic rings. The lowest BCUT2D eigenvalue weighted by molar-refractivity contribution is -0.132. The normalized spacial score (nSPS) is 13.8. The highest BCUT2D eigenvalue weighted by Crippen LogP contribution is 2.19. The molecular formula is C29H36N6O2. The van der Waals surface area contributed by atoms with Crippen LogP contribution in [0.4, 0.5) is 10.6 Å². The predicted octanol–water partition coefficient (Wildman–Crippen LogP) is 3.85. The molecule has 0 spiro atoms. The number of amides is 3. The fourth-order valence-corrected chi connectivity index (χ4v) is 4.27. The van der Waals surface area contributed by atoms with Gasteiger partial charge in [-0.25, -0.2) is 4.79 Å². The second kappa shape index (κ2) is 11.9. The molecule has 0 radical (unpaired) electrons. The third-order valence-electron chi connectivity index (χ3n) is 6.28. The van der Waals surface area contributed by atoms with E-state index in [1.165, 1.54) is 0 Å². The van der Waals surface area contributed by atoms with Crippen molar-refractivity contribution in [3.63, 3.8) is 0 Å². The number of carbonyl (C=O) groups excluding carboxylic acids is 2. The van der Waals surface area contributed by atoms with Crippen LogP contribution in [0.3, 0.4) is 0 Å². The molecule has 194 valence electrons. The summed E-state index contributed by atoms with van der Waals surface area (Å²) in [7, 11) is 0. The molecule has 1 aromatic heterocycles. The van der Waals surface area contributed by atoms with Crippen molar-refractivity contribution in [2.24, 2.45) is 0 Å². The van der Waals surface area contributed by atoms with Crippen LogP contribution in [-0.4, -0.2) is 76.7 Å². The first-order valence-electron chi connectivity index (χ1n) is 12.8. The number of rotatable bonds is 7. The lowest BCUT2D eigenvalue weighted by atomic mass is 10.1. The van der Waals surface area contributed by atoms with Gasteiger partial charge in [-0.15, -0.1) is 10.2 Å². The first-order chi connectivity index (χ1) is 17.8. The van der Waals surface area contributed by atoms with Crippen LogP contribution in [0.15, 0.2) is 72.8 Å². The zero-order chi connectivity index (χ0) is 26.3. The second-order valence-corrected chi connectivity index (χ2v) is 10.3. The monoisotopic (exact) mass is 500 g/mol. The van der Waals surface area contributed by atoms with E-state index in [4.69, 9.17) is 0 Å². The fourth-order valence-electron chi connectivity index (χ4n) is 4.27. The van der Waals surface area contributed by atoms with Gasteiger partial charge in [0.1, 0.15) is 6.54 Å². The lowest BCUT2D eigenvalue weighted by Gasteiger charge is -2.36. The Labute approximate surface area is 219 Å². The Morgan fingerprint density at radius 1 is 0.865 bits per heavy atom. The number of hydrogen-bond donors (Lipinski definition) is 1. The maximum atomic E-state index is 13.2. The third kappa shape index (κ3) is 7.52. The van der Waals surface area contributed by atoms with Gasteiger partial charge in [0, 0.05) is 43.8 Å². The number of piperazine rings is 1. The van der Waals surface area contributed by atoms with Gasteiger partial charge in [0.05, 0.1) is 5.69 Å². The minimum absolute atomic E-state index is 0.0396. The zero-order valence-corrected chi connectivity index (χ0v) is 21.9. The van der Waals surface area contributed by atoms with Crippen LogP contribution in [-0.2, 0) is 11.2 Å². The van der Waals surface area contributed by atoms with Crippen LogP contribution in [0.5, 0.6) is 0 Å². The van der Waals surface area contributed by atoms with Gasteiger partial charge in [-0.3, -0.25) is 4.79 Å². The van der Waals surface area contributed by atoms with Crippen molar-refractivity contribution in [1.29, 1.82) is 0 Å². The van der Waals surface area contributed by atoms with Crippen molar-refractivity contribution < 1.29 is 9.59 Å². The average molecular weight is 501 g/mol. The first kappa shape index (κ1) is 26.1. The molecule has 8 nitrogen and oxygen atoms in total. The summed E-state index contributed by atoms with van der Waals surface area (Å²) in [6, 6.07) is 23.7. The van der Waals surface area contributed by atoms with Crippen LogP contribution < -0.4 is 10.2 Å². The Kier molecular flexibility index (Phi) is 8.38. The number of urea groups is 1. The Balaban J connectivity index is 1.33. The van der Waals surface area contributed by atoms with Crippen LogP contribution >= 0.6 is 0 Å². The number of aromatic nitrogens is 2. The number of hydrogen-bond acceptors (Lipinski definition) is 5. The summed E-state index contributed by atoms with van der Waals surface area (Å²) in [4.78, 5) is 31.8. The van der Waals surface area contributed by atoms with Crippen LogP contribution in [0.2, 0.25) is 0 Å². The van der Waals surface area contributed by atoms with Crippen LogP contribution in [0.25, 0.3) is 11.3 Å². The van der Waals surface area contributed by atoms with Gasteiger partial charge < -0.3 is 20.0 Å². The highest BCUT2D eigenvalue weighted by atomic mass is 16.2. The van der Waals surface area contributed by atoms with E-state index in [0.29, 0.717) is 39.1 Å². The molecule has 0 unspecified atom stereocenters. The molecule has 37 heavy (non-hydrogen) atoms. The van der Waals surface area contributed by atoms with Gasteiger partial charge >= 0.3 is 6.03 Å². The highest BCUT2D eigenvalue weighted by Gasteiger charge is 2.27. The Morgan fingerprint density at radius 2 is 1.51 bits per heavy atom. The van der Waals surface area contributed by atoms with E-state index in [-0.39, 0.29) is 24.0 Å². The largest absolute Gasteiger partial charge is 0.352 e. The molecule has 2 heterocycles. The van der Waals surface area contributed by atoms with Gasteiger partial charge in [0.15, 0.2) is 5.82 Å². The summed E-state index contributed by atoms with van der Waals surface area (Å²) in [6.45, 7) is 8.85. The van der Waals surface area contributed by atoms with Crippen LogP contribution in [0, 0.1) is 0 Å². The molecule has 0 atom stereocenters. The zero-order valence-electron chi connectivity index (χ0n) is 21.9. The highest BCUT2D eigenvalue weighted by molar-refractivity contribution is 5.84. The molecule has 0 saturated carbocycles. The van der Waals surface area contributed by atoms with E-state index in [2.05, 4.69) is 20.4 Å². The quantitative estimate of drug-likeness (QED) is 0.533. The number of anilines is 1. The minimum atomic E-state index is -0.381. The van der Waals surface area contributed by atoms with Gasteiger partial charge in [-0.2, -0.15) is 0 Å². The molecule has 0 aliphatic carbocycles. The summed E-state index contributed by atoms with van der Waals surface area (Å²) in [5, 5.41) is 11.8. The maximum Gasteiger partial charge on any atom is 0.318 e. The molecule has 2 aromatic carbocycles. The SMILES string of the molecule is CC(C)(C)NC(=O)N(CCc1ccccc1)CC(=O)N1CCN(c2ccc(-c3ccccc3)nn2)CC1. The smallest absolute Gasteiger partial charge is 0.318 e. The van der Waals surface area contributed by atoms with Gasteiger partial charge in [0.2, 0.25) is 5.91 Å². The molecule has 1 fully saturated rings. The summed E-state index contributed by atoms with van der Waals surface area (Å²) in [6.07, 6.45) is 0.692. The Morgan fingerprint density at radius 3 is 2.11 bits per heavy atom. The lowest BCUT2D eigenvalue weighted by Crippen LogP contribution is -2.55. The summed E-state index contributed by atoms with van der Waals surface area (Å²) in [5.74, 6) is 0.767. The average Bonchev–Trinajstić information content (AvgIpc) is 2.91. The first-order valence-corrected chi connectivity index (χ1v) is 12.8. The summed E-state index contributed by atoms with van der Waals surface area (Å²) in [5.41, 5.74) is 2.62. The molecule has 1 saturated heterocycles. The van der Waals surface area contributed by atoms with E-state index >= 15 is 0 Å². The standard InChI is InChI=1S/C29H36N6O2/c1-29(2,3)30-28(37)35(17-16-23-10-6-4-7-11-23)22-27(36)34-20-18-33(19-21-34)26-15-14-25(31-32-26)24-12-8-5-9-13-24/h4-15H,16-22H2,1-3H3,(H,30,37). The molecule has 3 amide bonds. The second-order valence-electron chi connectivity index (χ2n) is 10.3. The Hall–Kier alpha value is -3.94. The van der Waals surface area contributed by atoms with Crippen molar-refractivity contribution in [1.82, 2.24) is 25.3 Å². The van der Waals surface area contributed by atoms with E-state index in [1.807, 2.05) is 98.5 Å². The van der Waals surface area contributed by atoms with Gasteiger partial charge in [0.25, 0.3) is 0 Å². The van der Waals surface area contributed by atoms with E-state index in [9.17, 15) is 9.59 Å². The summed E-state index contributed by atoms with van der Waals surface area (Å²) >= 11 is 0. The molecule has 1 aliphatic heterocycles. The van der Waals surface area contributed by atoms with Crippen molar-refractivity contribution in [2.45, 2.75) is 32.7 Å². The number of carbonyl (C=O) groups is 2. The molecule has 8 heteroatoms. The van der Waals surface area contributed by atoms with Crippen molar-refractivity contribution in [2.75, 3.05) is 44.2 Å². The number of nitrogens with one attached hydrogen (secondary N) is 1. The van der Waals surface area contributed by atoms with Crippen molar-refractivity contribution >= 4 is 17.8 Å². The molecule has 1 aliphatic rings. The maximum absolute atomic E-state index is 13.2. The Bertz CT molecular complexity index is 1150. The molecule has 1 N–H and O–H groups in total. The third-order valence-corrected chi connectivity index (χ3v) is 6.28. The number of benzene rings is 2. The van der Waals surface area contributed by atoms with E-state index < -0.39 is 0 Å². The molecule has 0 bridgehead atoms. The summed E-state index contributed by atoms with van der Waals surface area (Å²) < 4.78 is 0. The van der Waals surface area contributed by atoms with E-state index in [1.54, 1.807) is 4.90 Å². The van der Waals surface area contributed by atoms with Crippen LogP contribution in [0.1, 0.15) is 26.3 Å². The number of nitrogens with zero attached hydrogens (tertiary/aromatic N) is 5. The fraction of sp³-hybridized carbons (Fsp3) is 0.379. The molecule has 4 rings (SSSR count). The van der Waals surface area contributed by atoms with Crippen molar-refractivity contribution in [3.8, 4) is 11.3 Å². The van der Waals surface area contributed by atoms with Crippen molar-refractivity contribution in [3.05, 3.63) is 78.4 Å². The van der Waals surface area contributed by atoms with Gasteiger partial charge in [-0.05, 0) is 44.9 Å². The van der Waals surface area contributed by atoms with E-state index in [0.717, 1.165) is 22.6 Å².